The van der Waals surface area contributed by atoms with E-state index in [0.29, 0.717) is 32.2 Å². The molecule has 0 bridgehead atoms. The second-order valence-electron chi connectivity index (χ2n) is 5.76. The molecule has 0 spiro atoms. The number of aromatic hydroxyl groups is 1. The molecule has 150 valence electrons. The van der Waals surface area contributed by atoms with Gasteiger partial charge in [0, 0.05) is 29.5 Å². The highest BCUT2D eigenvalue weighted by Gasteiger charge is 2.12. The van der Waals surface area contributed by atoms with Crippen LogP contribution < -0.4 is 0 Å². The third kappa shape index (κ3) is 4.67. The fourth-order valence-corrected chi connectivity index (χ4v) is 3.84. The fourth-order valence-electron chi connectivity index (χ4n) is 2.31. The van der Waals surface area contributed by atoms with Gasteiger partial charge in [-0.15, -0.1) is 20.4 Å². The van der Waals surface area contributed by atoms with E-state index in [9.17, 15) is 15.2 Å². The normalized spacial score (nSPS) is 11.2. The van der Waals surface area contributed by atoms with Gasteiger partial charge >= 0.3 is 0 Å². The average Bonchev–Trinajstić information content (AvgIpc) is 3.41. The van der Waals surface area contributed by atoms with Crippen LogP contribution in [0.5, 0.6) is 5.75 Å². The van der Waals surface area contributed by atoms with E-state index < -0.39 is 4.92 Å². The van der Waals surface area contributed by atoms with Crippen LogP contribution in [0, 0.1) is 10.1 Å². The van der Waals surface area contributed by atoms with Crippen molar-refractivity contribution in [2.24, 2.45) is 4.99 Å². The van der Waals surface area contributed by atoms with Gasteiger partial charge in [0.1, 0.15) is 5.75 Å². The number of nitro groups is 1. The lowest BCUT2D eigenvalue weighted by Gasteiger charge is -1.95. The monoisotopic (exact) mass is 440 g/mol. The van der Waals surface area contributed by atoms with Crippen molar-refractivity contribution < 1.29 is 14.4 Å². The molecule has 2 aromatic carbocycles. The van der Waals surface area contributed by atoms with Gasteiger partial charge in [0.2, 0.25) is 16.9 Å². The van der Waals surface area contributed by atoms with E-state index in [1.54, 1.807) is 36.4 Å². The Kier molecular flexibility index (Phi) is 5.77. The molecule has 0 aliphatic carbocycles. The van der Waals surface area contributed by atoms with E-state index in [1.165, 1.54) is 41.4 Å². The minimum absolute atomic E-state index is 0.00810. The van der Waals surface area contributed by atoms with Gasteiger partial charge in [-0.3, -0.25) is 10.1 Å². The Bertz CT molecular complexity index is 1210. The first-order valence-corrected chi connectivity index (χ1v) is 10.2. The van der Waals surface area contributed by atoms with Crippen LogP contribution in [-0.2, 0) is 5.75 Å². The number of thioether (sulfide) groups is 1. The number of hydrogen-bond donors (Lipinski definition) is 1. The van der Waals surface area contributed by atoms with Crippen LogP contribution in [-0.4, -0.2) is 36.6 Å². The number of non-ortho nitro benzene ring substituents is 1. The Labute approximate surface area is 177 Å². The Morgan fingerprint density at radius 2 is 1.93 bits per heavy atom. The lowest BCUT2D eigenvalue weighted by Crippen LogP contribution is -1.87. The minimum atomic E-state index is -0.470. The third-order valence-corrected chi connectivity index (χ3v) is 5.71. The zero-order valence-corrected chi connectivity index (χ0v) is 16.7. The van der Waals surface area contributed by atoms with E-state index in [-0.39, 0.29) is 17.3 Å². The van der Waals surface area contributed by atoms with Crippen molar-refractivity contribution in [3.63, 3.8) is 0 Å². The van der Waals surface area contributed by atoms with E-state index >= 15 is 0 Å². The molecule has 2 heterocycles. The Hall–Kier alpha value is -3.64. The first-order valence-electron chi connectivity index (χ1n) is 8.44. The zero-order chi connectivity index (χ0) is 20.9. The molecule has 0 saturated heterocycles. The molecule has 0 unspecified atom stereocenters. The molecule has 0 amide bonds. The van der Waals surface area contributed by atoms with Crippen LogP contribution in [0.15, 0.2) is 62.3 Å². The molecule has 0 atom stereocenters. The van der Waals surface area contributed by atoms with Crippen molar-refractivity contribution in [2.75, 3.05) is 0 Å². The Morgan fingerprint density at radius 1 is 1.13 bits per heavy atom. The van der Waals surface area contributed by atoms with Gasteiger partial charge in [0.15, 0.2) is 4.34 Å². The third-order valence-electron chi connectivity index (χ3n) is 3.76. The first-order chi connectivity index (χ1) is 14.6. The van der Waals surface area contributed by atoms with Gasteiger partial charge in [0.05, 0.1) is 10.7 Å². The van der Waals surface area contributed by atoms with Gasteiger partial charge in [-0.05, 0) is 24.3 Å². The number of nitro benzene ring substituents is 1. The molecular weight excluding hydrogens is 428 g/mol. The highest BCUT2D eigenvalue weighted by Crippen LogP contribution is 2.30. The lowest BCUT2D eigenvalue weighted by atomic mass is 10.2. The Balaban J connectivity index is 1.37. The van der Waals surface area contributed by atoms with Gasteiger partial charge in [0.25, 0.3) is 5.69 Å². The molecule has 0 radical (unpaired) electrons. The van der Waals surface area contributed by atoms with Crippen LogP contribution in [0.2, 0.25) is 0 Å². The molecule has 12 heteroatoms. The summed E-state index contributed by atoms with van der Waals surface area (Å²) in [5, 5.41) is 36.9. The first kappa shape index (κ1) is 19.7. The maximum absolute atomic E-state index is 10.7. The van der Waals surface area contributed by atoms with Gasteiger partial charge < -0.3 is 9.52 Å². The molecule has 2 aromatic heterocycles. The number of aromatic nitrogens is 4. The largest absolute Gasteiger partial charge is 0.507 e. The summed E-state index contributed by atoms with van der Waals surface area (Å²) in [7, 11) is 0. The van der Waals surface area contributed by atoms with Crippen LogP contribution in [0.1, 0.15) is 11.5 Å². The molecule has 4 aromatic rings. The summed E-state index contributed by atoms with van der Waals surface area (Å²) in [6.45, 7) is 0. The number of benzene rings is 2. The summed E-state index contributed by atoms with van der Waals surface area (Å²) in [6, 6.07) is 12.7. The number of aliphatic imine (C=N–C) groups is 1. The predicted octanol–water partition coefficient (Wildman–Crippen LogP) is 4.24. The summed E-state index contributed by atoms with van der Waals surface area (Å²) >= 11 is 2.66. The van der Waals surface area contributed by atoms with Crippen molar-refractivity contribution >= 4 is 40.1 Å². The molecule has 0 saturated carbocycles. The number of phenols is 1. The van der Waals surface area contributed by atoms with Gasteiger partial charge in [-0.1, -0.05) is 35.2 Å². The van der Waals surface area contributed by atoms with Crippen molar-refractivity contribution in [2.45, 2.75) is 10.1 Å². The van der Waals surface area contributed by atoms with Gasteiger partial charge in [-0.2, -0.15) is 0 Å². The molecule has 10 nitrogen and oxygen atoms in total. The second kappa shape index (κ2) is 8.80. The molecule has 30 heavy (non-hydrogen) atoms. The smallest absolute Gasteiger partial charge is 0.269 e. The molecule has 0 aliphatic heterocycles. The fraction of sp³-hybridized carbons (Fsp3) is 0.0556. The Morgan fingerprint density at radius 3 is 2.70 bits per heavy atom. The quantitative estimate of drug-likeness (QED) is 0.193. The second-order valence-corrected chi connectivity index (χ2v) is 7.94. The molecule has 0 fully saturated rings. The zero-order valence-electron chi connectivity index (χ0n) is 15.1. The maximum Gasteiger partial charge on any atom is 0.269 e. The summed E-state index contributed by atoms with van der Waals surface area (Å²) in [5.41, 5.74) is 1.18. The highest BCUT2D eigenvalue weighted by molar-refractivity contribution is 8.00. The van der Waals surface area contributed by atoms with E-state index in [4.69, 9.17) is 4.42 Å². The van der Waals surface area contributed by atoms with E-state index in [1.807, 2.05) is 0 Å². The molecule has 0 aliphatic rings. The van der Waals surface area contributed by atoms with E-state index in [2.05, 4.69) is 25.4 Å². The van der Waals surface area contributed by atoms with Crippen molar-refractivity contribution in [3.8, 4) is 17.2 Å². The summed E-state index contributed by atoms with van der Waals surface area (Å²) in [5.74, 6) is 1.20. The molecular formula is C18H12N6O4S2. The summed E-state index contributed by atoms with van der Waals surface area (Å²) in [6.07, 6.45) is 1.53. The summed E-state index contributed by atoms with van der Waals surface area (Å²) in [4.78, 5) is 14.5. The van der Waals surface area contributed by atoms with Crippen LogP contribution >= 0.6 is 23.1 Å². The van der Waals surface area contributed by atoms with Crippen molar-refractivity contribution in [1.29, 1.82) is 0 Å². The topological polar surface area (TPSA) is 140 Å². The number of nitrogens with zero attached hydrogens (tertiary/aromatic N) is 6. The lowest BCUT2D eigenvalue weighted by molar-refractivity contribution is -0.384. The maximum atomic E-state index is 10.7. The summed E-state index contributed by atoms with van der Waals surface area (Å²) < 4.78 is 6.28. The van der Waals surface area contributed by atoms with E-state index in [0.717, 1.165) is 0 Å². The minimum Gasteiger partial charge on any atom is -0.507 e. The number of para-hydroxylation sites is 1. The average molecular weight is 440 g/mol. The van der Waals surface area contributed by atoms with Crippen molar-refractivity contribution in [1.82, 2.24) is 20.4 Å². The van der Waals surface area contributed by atoms with Crippen LogP contribution in [0.4, 0.5) is 10.8 Å². The number of phenolic OH excluding ortho intramolecular Hbond substituents is 1. The van der Waals surface area contributed by atoms with Crippen LogP contribution in [0.25, 0.3) is 11.5 Å². The molecule has 1 N–H and O–H groups in total. The highest BCUT2D eigenvalue weighted by atomic mass is 32.2. The standard InChI is InChI=1S/C18H12N6O4S2/c25-14-4-2-1-3-12(14)9-19-17-22-23-18(30-17)29-10-15-20-21-16(28-15)11-5-7-13(8-6-11)24(26)27/h1-9,25H,10H2/b19-9+. The number of rotatable bonds is 7. The molecule has 4 rings (SSSR count). The number of hydrogen-bond acceptors (Lipinski definition) is 11. The predicted molar refractivity (Wildman–Crippen MR) is 111 cm³/mol. The van der Waals surface area contributed by atoms with Crippen LogP contribution in [0.3, 0.4) is 0 Å². The SMILES string of the molecule is O=[N+]([O-])c1ccc(-c2nnc(CSc3nnc(/N=C/c4ccccc4O)s3)o2)cc1. The van der Waals surface area contributed by atoms with Crippen molar-refractivity contribution in [3.05, 3.63) is 70.1 Å². The van der Waals surface area contributed by atoms with Gasteiger partial charge in [-0.25, -0.2) is 4.99 Å².